The molecule has 0 bridgehead atoms. The van der Waals surface area contributed by atoms with Crippen LogP contribution in [0.25, 0.3) is 0 Å². The summed E-state index contributed by atoms with van der Waals surface area (Å²) in [5, 5.41) is 2.76. The summed E-state index contributed by atoms with van der Waals surface area (Å²) in [6, 6.07) is 4.84. The number of benzene rings is 1. The third-order valence-corrected chi connectivity index (χ3v) is 4.60. The second-order valence-corrected chi connectivity index (χ2v) is 6.51. The van der Waals surface area contributed by atoms with E-state index in [-0.39, 0.29) is 17.9 Å². The van der Waals surface area contributed by atoms with Gasteiger partial charge in [0.1, 0.15) is 6.04 Å². The van der Waals surface area contributed by atoms with Crippen LogP contribution in [-0.4, -0.2) is 66.5 Å². The van der Waals surface area contributed by atoms with E-state index in [4.69, 9.17) is 4.74 Å². The monoisotopic (exact) mass is 361 g/mol. The van der Waals surface area contributed by atoms with Crippen molar-refractivity contribution in [2.24, 2.45) is 0 Å². The lowest BCUT2D eigenvalue weighted by Gasteiger charge is -2.35. The number of rotatable bonds is 4. The summed E-state index contributed by atoms with van der Waals surface area (Å²) in [4.78, 5) is 39.9. The van der Waals surface area contributed by atoms with Crippen LogP contribution in [0.15, 0.2) is 18.2 Å². The Hall–Kier alpha value is -2.57. The molecule has 1 fully saturated rings. The molecule has 1 aliphatic heterocycles. The number of aryl methyl sites for hydroxylation is 2. The minimum Gasteiger partial charge on any atom is -0.450 e. The first-order chi connectivity index (χ1) is 12.3. The van der Waals surface area contributed by atoms with Gasteiger partial charge in [-0.3, -0.25) is 9.59 Å². The average molecular weight is 361 g/mol. The number of piperazine rings is 1. The highest BCUT2D eigenvalue weighted by Gasteiger charge is 2.28. The predicted octanol–water partition coefficient (Wildman–Crippen LogP) is 1.72. The van der Waals surface area contributed by atoms with Crippen molar-refractivity contribution in [3.63, 3.8) is 0 Å². The molecule has 26 heavy (non-hydrogen) atoms. The van der Waals surface area contributed by atoms with Crippen LogP contribution in [0.2, 0.25) is 0 Å². The van der Waals surface area contributed by atoms with Crippen LogP contribution in [-0.2, 0) is 9.53 Å². The molecule has 2 rings (SSSR count). The number of ether oxygens (including phenoxy) is 1. The van der Waals surface area contributed by atoms with E-state index in [1.54, 1.807) is 29.7 Å². The predicted molar refractivity (Wildman–Crippen MR) is 98.0 cm³/mol. The smallest absolute Gasteiger partial charge is 0.409 e. The highest BCUT2D eigenvalue weighted by atomic mass is 16.6. The summed E-state index contributed by atoms with van der Waals surface area (Å²) in [5.41, 5.74) is 2.69. The fourth-order valence-electron chi connectivity index (χ4n) is 2.82. The molecule has 0 unspecified atom stereocenters. The summed E-state index contributed by atoms with van der Waals surface area (Å²) in [6.07, 6.45) is -0.351. The minimum atomic E-state index is -0.627. The van der Waals surface area contributed by atoms with E-state index in [9.17, 15) is 14.4 Å². The maximum Gasteiger partial charge on any atom is 0.409 e. The van der Waals surface area contributed by atoms with E-state index >= 15 is 0 Å². The number of nitrogens with zero attached hydrogens (tertiary/aromatic N) is 2. The van der Waals surface area contributed by atoms with E-state index in [2.05, 4.69) is 5.32 Å². The largest absolute Gasteiger partial charge is 0.450 e. The van der Waals surface area contributed by atoms with Crippen LogP contribution in [0.3, 0.4) is 0 Å². The number of carbonyl (C=O) groups excluding carboxylic acids is 3. The Morgan fingerprint density at radius 2 is 1.69 bits per heavy atom. The Bertz CT molecular complexity index is 681. The SMILES string of the molecule is CCOC(=O)N1CCN(C(=O)[C@H](C)NC(=O)c2ccc(C)c(C)c2)CC1. The molecule has 3 amide bonds. The lowest BCUT2D eigenvalue weighted by molar-refractivity contribution is -0.134. The van der Waals surface area contributed by atoms with Gasteiger partial charge in [-0.1, -0.05) is 6.07 Å². The third-order valence-electron chi connectivity index (χ3n) is 4.60. The molecule has 1 saturated heterocycles. The Kier molecular flexibility index (Phi) is 6.60. The Labute approximate surface area is 154 Å². The molecule has 1 atom stereocenters. The quantitative estimate of drug-likeness (QED) is 0.886. The molecular weight excluding hydrogens is 334 g/mol. The lowest BCUT2D eigenvalue weighted by atomic mass is 10.1. The number of hydrogen-bond donors (Lipinski definition) is 1. The van der Waals surface area contributed by atoms with E-state index in [0.29, 0.717) is 38.3 Å². The van der Waals surface area contributed by atoms with Gasteiger partial charge in [0.05, 0.1) is 6.61 Å². The van der Waals surface area contributed by atoms with Gasteiger partial charge in [-0.2, -0.15) is 0 Å². The molecule has 1 aromatic rings. The summed E-state index contributed by atoms with van der Waals surface area (Å²) in [6.45, 7) is 9.44. The van der Waals surface area contributed by atoms with Gasteiger partial charge in [0.25, 0.3) is 5.91 Å². The minimum absolute atomic E-state index is 0.148. The normalized spacial score (nSPS) is 15.4. The van der Waals surface area contributed by atoms with Crippen molar-refractivity contribution < 1.29 is 19.1 Å². The Morgan fingerprint density at radius 1 is 1.08 bits per heavy atom. The van der Waals surface area contributed by atoms with E-state index in [1.807, 2.05) is 26.0 Å². The van der Waals surface area contributed by atoms with E-state index < -0.39 is 6.04 Å². The molecule has 0 radical (unpaired) electrons. The fraction of sp³-hybridized carbons (Fsp3) is 0.526. The van der Waals surface area contributed by atoms with Crippen LogP contribution in [0.1, 0.15) is 35.3 Å². The van der Waals surface area contributed by atoms with E-state index in [0.717, 1.165) is 11.1 Å². The van der Waals surface area contributed by atoms with Crippen molar-refractivity contribution in [2.75, 3.05) is 32.8 Å². The molecule has 0 spiro atoms. The first-order valence-electron chi connectivity index (χ1n) is 8.92. The molecule has 7 nitrogen and oxygen atoms in total. The maximum atomic E-state index is 12.6. The maximum absolute atomic E-state index is 12.6. The molecule has 1 heterocycles. The molecular formula is C19H27N3O4. The fourth-order valence-corrected chi connectivity index (χ4v) is 2.82. The van der Waals surface area contributed by atoms with Crippen LogP contribution in [0.5, 0.6) is 0 Å². The van der Waals surface area contributed by atoms with Crippen molar-refractivity contribution in [1.82, 2.24) is 15.1 Å². The van der Waals surface area contributed by atoms with Gasteiger partial charge in [0, 0.05) is 31.7 Å². The van der Waals surface area contributed by atoms with Crippen LogP contribution < -0.4 is 5.32 Å². The van der Waals surface area contributed by atoms with Gasteiger partial charge in [-0.05, 0) is 51.0 Å². The van der Waals surface area contributed by atoms with Crippen LogP contribution in [0, 0.1) is 13.8 Å². The van der Waals surface area contributed by atoms with Gasteiger partial charge >= 0.3 is 6.09 Å². The van der Waals surface area contributed by atoms with Crippen molar-refractivity contribution >= 4 is 17.9 Å². The van der Waals surface area contributed by atoms with Gasteiger partial charge in [0.2, 0.25) is 5.91 Å². The van der Waals surface area contributed by atoms with Gasteiger partial charge in [-0.25, -0.2) is 4.79 Å². The summed E-state index contributed by atoms with van der Waals surface area (Å²) >= 11 is 0. The molecule has 7 heteroatoms. The van der Waals surface area contributed by atoms with Crippen molar-refractivity contribution in [3.8, 4) is 0 Å². The van der Waals surface area contributed by atoms with Crippen LogP contribution in [0.4, 0.5) is 4.79 Å². The topological polar surface area (TPSA) is 79.0 Å². The molecule has 142 valence electrons. The molecule has 1 aromatic carbocycles. The summed E-state index contributed by atoms with van der Waals surface area (Å²) in [7, 11) is 0. The van der Waals surface area contributed by atoms with Gasteiger partial charge in [-0.15, -0.1) is 0 Å². The van der Waals surface area contributed by atoms with E-state index in [1.165, 1.54) is 0 Å². The molecule has 0 aliphatic carbocycles. The molecule has 0 aromatic heterocycles. The summed E-state index contributed by atoms with van der Waals surface area (Å²) < 4.78 is 4.97. The zero-order chi connectivity index (χ0) is 19.3. The number of carbonyl (C=O) groups is 3. The Balaban J connectivity index is 1.88. The van der Waals surface area contributed by atoms with Crippen LogP contribution >= 0.6 is 0 Å². The lowest BCUT2D eigenvalue weighted by Crippen LogP contribution is -2.55. The number of hydrogen-bond acceptors (Lipinski definition) is 4. The van der Waals surface area contributed by atoms with Crippen molar-refractivity contribution in [2.45, 2.75) is 33.7 Å². The van der Waals surface area contributed by atoms with Gasteiger partial charge in [0.15, 0.2) is 0 Å². The van der Waals surface area contributed by atoms with Crippen molar-refractivity contribution in [1.29, 1.82) is 0 Å². The standard InChI is InChI=1S/C19H27N3O4/c1-5-26-19(25)22-10-8-21(9-11-22)18(24)15(4)20-17(23)16-7-6-13(2)14(3)12-16/h6-7,12,15H,5,8-11H2,1-4H3,(H,20,23)/t15-/m0/s1. The third kappa shape index (κ3) is 4.74. The highest BCUT2D eigenvalue weighted by Crippen LogP contribution is 2.11. The van der Waals surface area contributed by atoms with Gasteiger partial charge < -0.3 is 19.9 Å². The molecule has 1 aliphatic rings. The molecule has 1 N–H and O–H groups in total. The first-order valence-corrected chi connectivity index (χ1v) is 8.92. The average Bonchev–Trinajstić information content (AvgIpc) is 2.63. The zero-order valence-corrected chi connectivity index (χ0v) is 15.9. The zero-order valence-electron chi connectivity index (χ0n) is 15.9. The van der Waals surface area contributed by atoms with Crippen molar-refractivity contribution in [3.05, 3.63) is 34.9 Å². The first kappa shape index (κ1) is 19.8. The Morgan fingerprint density at radius 3 is 2.27 bits per heavy atom. The second kappa shape index (κ2) is 8.69. The summed E-state index contributed by atoms with van der Waals surface area (Å²) in [5.74, 6) is -0.412. The number of amides is 3. The highest BCUT2D eigenvalue weighted by molar-refractivity contribution is 5.97. The second-order valence-electron chi connectivity index (χ2n) is 6.51. The number of nitrogens with one attached hydrogen (secondary N) is 1. The molecule has 0 saturated carbocycles.